The average Bonchev–Trinajstić information content (AvgIpc) is 3.18. The van der Waals surface area contributed by atoms with Gasteiger partial charge in [0.2, 0.25) is 5.91 Å². The molecule has 0 spiro atoms. The number of rotatable bonds is 4. The lowest BCUT2D eigenvalue weighted by atomic mass is 9.96. The Morgan fingerprint density at radius 3 is 2.60 bits per heavy atom. The standard InChI is InChI=1S/C26H21N3O/c1-17(30)28-23-11-5-3-9-19(23)15-26-21(14-18-8-2-6-12-24(18)29-26)22-16-27-25-13-7-4-10-20(22)25/h2-14,16,27H,15H2,1H3,(H,28,30). The number of benzene rings is 3. The molecule has 0 fully saturated rings. The van der Waals surface area contributed by atoms with Gasteiger partial charge in [0, 0.05) is 52.6 Å². The summed E-state index contributed by atoms with van der Waals surface area (Å²) in [4.78, 5) is 20.1. The summed E-state index contributed by atoms with van der Waals surface area (Å²) in [6, 6.07) is 26.6. The van der Waals surface area contributed by atoms with E-state index in [2.05, 4.69) is 46.8 Å². The van der Waals surface area contributed by atoms with Crippen LogP contribution in [0.3, 0.4) is 0 Å². The summed E-state index contributed by atoms with van der Waals surface area (Å²) < 4.78 is 0. The molecule has 4 heteroatoms. The first-order valence-electron chi connectivity index (χ1n) is 10.00. The second-order valence-electron chi connectivity index (χ2n) is 7.44. The van der Waals surface area contributed by atoms with Crippen LogP contribution in [0.5, 0.6) is 0 Å². The van der Waals surface area contributed by atoms with Gasteiger partial charge in [-0.25, -0.2) is 0 Å². The van der Waals surface area contributed by atoms with Gasteiger partial charge >= 0.3 is 0 Å². The number of amides is 1. The van der Waals surface area contributed by atoms with Crippen molar-refractivity contribution in [3.8, 4) is 11.1 Å². The van der Waals surface area contributed by atoms with E-state index in [1.54, 1.807) is 0 Å². The summed E-state index contributed by atoms with van der Waals surface area (Å²) in [7, 11) is 0. The summed E-state index contributed by atoms with van der Waals surface area (Å²) in [5, 5.41) is 5.22. The van der Waals surface area contributed by atoms with Gasteiger partial charge in [-0.3, -0.25) is 9.78 Å². The lowest BCUT2D eigenvalue weighted by Gasteiger charge is -2.14. The number of fused-ring (bicyclic) bond motifs is 2. The Balaban J connectivity index is 1.70. The zero-order valence-electron chi connectivity index (χ0n) is 16.6. The third-order valence-corrected chi connectivity index (χ3v) is 5.37. The van der Waals surface area contributed by atoms with Crippen molar-refractivity contribution in [2.24, 2.45) is 0 Å². The summed E-state index contributed by atoms with van der Waals surface area (Å²) in [6.07, 6.45) is 2.68. The number of anilines is 1. The average molecular weight is 391 g/mol. The van der Waals surface area contributed by atoms with E-state index in [9.17, 15) is 4.79 Å². The van der Waals surface area contributed by atoms with Crippen LogP contribution in [0.1, 0.15) is 18.2 Å². The fourth-order valence-corrected chi connectivity index (χ4v) is 3.98. The molecule has 0 saturated heterocycles. The van der Waals surface area contributed by atoms with Crippen molar-refractivity contribution in [3.05, 3.63) is 96.3 Å². The number of carbonyl (C=O) groups excluding carboxylic acids is 1. The summed E-state index contributed by atoms with van der Waals surface area (Å²) in [5.41, 5.74) is 7.15. The molecule has 5 rings (SSSR count). The molecule has 146 valence electrons. The van der Waals surface area contributed by atoms with Crippen molar-refractivity contribution in [3.63, 3.8) is 0 Å². The van der Waals surface area contributed by atoms with Crippen molar-refractivity contribution in [2.45, 2.75) is 13.3 Å². The number of hydrogen-bond donors (Lipinski definition) is 2. The molecule has 0 aliphatic heterocycles. The SMILES string of the molecule is CC(=O)Nc1ccccc1Cc1nc2ccccc2cc1-c1c[nH]c2ccccc12. The fourth-order valence-electron chi connectivity index (χ4n) is 3.98. The highest BCUT2D eigenvalue weighted by Crippen LogP contribution is 2.34. The summed E-state index contributed by atoms with van der Waals surface area (Å²) in [5.74, 6) is -0.0780. The van der Waals surface area contributed by atoms with E-state index in [1.807, 2.05) is 48.5 Å². The van der Waals surface area contributed by atoms with Gasteiger partial charge in [0.25, 0.3) is 0 Å². The predicted molar refractivity (Wildman–Crippen MR) is 123 cm³/mol. The molecule has 0 aliphatic carbocycles. The van der Waals surface area contributed by atoms with Crippen LogP contribution < -0.4 is 5.32 Å². The van der Waals surface area contributed by atoms with Crippen LogP contribution >= 0.6 is 0 Å². The molecule has 0 radical (unpaired) electrons. The fraction of sp³-hybridized carbons (Fsp3) is 0.0769. The monoisotopic (exact) mass is 391 g/mol. The van der Waals surface area contributed by atoms with Gasteiger partial charge in [0.1, 0.15) is 0 Å². The molecule has 1 amide bonds. The van der Waals surface area contributed by atoms with Crippen LogP contribution in [-0.2, 0) is 11.2 Å². The first kappa shape index (κ1) is 18.1. The highest BCUT2D eigenvalue weighted by molar-refractivity contribution is 5.98. The zero-order valence-corrected chi connectivity index (χ0v) is 16.6. The Kier molecular flexibility index (Phi) is 4.52. The van der Waals surface area contributed by atoms with Crippen LogP contribution in [0.4, 0.5) is 5.69 Å². The molecule has 0 aliphatic rings. The molecule has 4 nitrogen and oxygen atoms in total. The smallest absolute Gasteiger partial charge is 0.221 e. The van der Waals surface area contributed by atoms with Gasteiger partial charge in [0.15, 0.2) is 0 Å². The van der Waals surface area contributed by atoms with Gasteiger partial charge in [-0.15, -0.1) is 0 Å². The van der Waals surface area contributed by atoms with Crippen molar-refractivity contribution in [1.29, 1.82) is 0 Å². The number of carbonyl (C=O) groups is 1. The number of para-hydroxylation sites is 3. The maximum atomic E-state index is 11.7. The maximum absolute atomic E-state index is 11.7. The molecule has 5 aromatic rings. The second-order valence-corrected chi connectivity index (χ2v) is 7.44. The summed E-state index contributed by atoms with van der Waals surface area (Å²) in [6.45, 7) is 1.53. The van der Waals surface area contributed by atoms with Crippen molar-refractivity contribution in [2.75, 3.05) is 5.32 Å². The highest BCUT2D eigenvalue weighted by Gasteiger charge is 2.15. The molecule has 0 saturated carbocycles. The minimum absolute atomic E-state index is 0.0780. The largest absolute Gasteiger partial charge is 0.361 e. The molecular weight excluding hydrogens is 370 g/mol. The van der Waals surface area contributed by atoms with Gasteiger partial charge in [-0.1, -0.05) is 54.6 Å². The van der Waals surface area contributed by atoms with Gasteiger partial charge < -0.3 is 10.3 Å². The molecule has 2 heterocycles. The lowest BCUT2D eigenvalue weighted by Crippen LogP contribution is -2.09. The lowest BCUT2D eigenvalue weighted by molar-refractivity contribution is -0.114. The van der Waals surface area contributed by atoms with Gasteiger partial charge in [-0.2, -0.15) is 0 Å². The third kappa shape index (κ3) is 3.33. The number of hydrogen-bond acceptors (Lipinski definition) is 2. The zero-order chi connectivity index (χ0) is 20.5. The molecular formula is C26H21N3O. The topological polar surface area (TPSA) is 57.8 Å². The molecule has 0 bridgehead atoms. The number of nitrogens with zero attached hydrogens (tertiary/aromatic N) is 1. The van der Waals surface area contributed by atoms with Crippen LogP contribution in [0, 0.1) is 0 Å². The van der Waals surface area contributed by atoms with E-state index in [0.717, 1.165) is 44.5 Å². The van der Waals surface area contributed by atoms with Crippen LogP contribution in [0.2, 0.25) is 0 Å². The van der Waals surface area contributed by atoms with Gasteiger partial charge in [0.05, 0.1) is 11.2 Å². The minimum Gasteiger partial charge on any atom is -0.361 e. The van der Waals surface area contributed by atoms with Gasteiger partial charge in [-0.05, 0) is 29.8 Å². The van der Waals surface area contributed by atoms with Crippen LogP contribution in [0.25, 0.3) is 32.9 Å². The van der Waals surface area contributed by atoms with E-state index in [1.165, 1.54) is 12.3 Å². The number of aromatic amines is 1. The molecule has 30 heavy (non-hydrogen) atoms. The number of pyridine rings is 1. The Hall–Kier alpha value is -3.92. The number of aromatic nitrogens is 2. The first-order chi connectivity index (χ1) is 14.7. The van der Waals surface area contributed by atoms with E-state index in [-0.39, 0.29) is 5.91 Å². The second kappa shape index (κ2) is 7.48. The molecule has 0 atom stereocenters. The maximum Gasteiger partial charge on any atom is 0.221 e. The quantitative estimate of drug-likeness (QED) is 0.399. The van der Waals surface area contributed by atoms with E-state index in [0.29, 0.717) is 6.42 Å². The van der Waals surface area contributed by atoms with Crippen molar-refractivity contribution < 1.29 is 4.79 Å². The van der Waals surface area contributed by atoms with Crippen LogP contribution in [-0.4, -0.2) is 15.9 Å². The first-order valence-corrected chi connectivity index (χ1v) is 10.00. The Morgan fingerprint density at radius 1 is 0.933 bits per heavy atom. The normalized spacial score (nSPS) is 11.1. The van der Waals surface area contributed by atoms with Crippen molar-refractivity contribution in [1.82, 2.24) is 9.97 Å². The van der Waals surface area contributed by atoms with Crippen molar-refractivity contribution >= 4 is 33.4 Å². The molecule has 2 aromatic heterocycles. The highest BCUT2D eigenvalue weighted by atomic mass is 16.1. The van der Waals surface area contributed by atoms with Crippen LogP contribution in [0.15, 0.2) is 85.1 Å². The Labute approximate surface area is 174 Å². The van der Waals surface area contributed by atoms with E-state index in [4.69, 9.17) is 4.98 Å². The number of H-pyrrole nitrogens is 1. The Morgan fingerprint density at radius 2 is 1.70 bits per heavy atom. The minimum atomic E-state index is -0.0780. The van der Waals surface area contributed by atoms with E-state index < -0.39 is 0 Å². The molecule has 0 unspecified atom stereocenters. The summed E-state index contributed by atoms with van der Waals surface area (Å²) >= 11 is 0. The van der Waals surface area contributed by atoms with E-state index >= 15 is 0 Å². The Bertz CT molecular complexity index is 1380. The molecule has 2 N–H and O–H groups in total. The molecule has 3 aromatic carbocycles. The third-order valence-electron chi connectivity index (χ3n) is 5.37. The number of nitrogens with one attached hydrogen (secondary N) is 2. The predicted octanol–water partition coefficient (Wildman–Crippen LogP) is 5.93.